The number of hydrogen-bond acceptors (Lipinski definition) is 3. The monoisotopic (exact) mass is 354 g/mol. The van der Waals surface area contributed by atoms with Crippen LogP contribution in [0.15, 0.2) is 58.4 Å². The van der Waals surface area contributed by atoms with E-state index in [1.165, 1.54) is 28.3 Å². The van der Waals surface area contributed by atoms with Crippen molar-refractivity contribution in [2.45, 2.75) is 19.8 Å². The summed E-state index contributed by atoms with van der Waals surface area (Å²) in [6.45, 7) is 4.29. The smallest absolute Gasteiger partial charge is 0.266 e. The zero-order valence-electron chi connectivity index (χ0n) is 14.4. The molecule has 0 bridgehead atoms. The highest BCUT2D eigenvalue weighted by Crippen LogP contribution is 2.33. The topological polar surface area (TPSA) is 32.7 Å². The third kappa shape index (κ3) is 3.82. The molecule has 0 saturated carbocycles. The Hall–Kier alpha value is -2.40. The predicted molar refractivity (Wildman–Crippen MR) is 102 cm³/mol. The summed E-state index contributed by atoms with van der Waals surface area (Å²) < 4.78 is 13.8. The molecule has 1 aliphatic rings. The van der Waals surface area contributed by atoms with Crippen molar-refractivity contribution in [3.8, 4) is 0 Å². The molecule has 2 aromatic rings. The first-order valence-electron chi connectivity index (χ1n) is 8.06. The quantitative estimate of drug-likeness (QED) is 0.711. The Labute approximate surface area is 151 Å². The van der Waals surface area contributed by atoms with Gasteiger partial charge in [-0.25, -0.2) is 9.38 Å². The first-order chi connectivity index (χ1) is 12.0. The van der Waals surface area contributed by atoms with Gasteiger partial charge in [-0.15, -0.1) is 0 Å². The van der Waals surface area contributed by atoms with Crippen LogP contribution >= 0.6 is 11.8 Å². The van der Waals surface area contributed by atoms with Crippen molar-refractivity contribution >= 4 is 34.6 Å². The molecule has 1 heterocycles. The number of aliphatic imine (C=N–C) groups is 1. The van der Waals surface area contributed by atoms with Crippen LogP contribution in [0.4, 0.5) is 10.1 Å². The van der Waals surface area contributed by atoms with E-state index >= 15 is 0 Å². The van der Waals surface area contributed by atoms with Gasteiger partial charge in [0, 0.05) is 7.05 Å². The van der Waals surface area contributed by atoms with Gasteiger partial charge in [-0.2, -0.15) is 0 Å². The summed E-state index contributed by atoms with van der Waals surface area (Å²) in [5.41, 5.74) is 2.44. The number of para-hydroxylation sites is 1. The lowest BCUT2D eigenvalue weighted by Crippen LogP contribution is -2.23. The fraction of sp³-hybridized carbons (Fsp3) is 0.200. The molecule has 0 N–H and O–H groups in total. The Morgan fingerprint density at radius 3 is 2.44 bits per heavy atom. The van der Waals surface area contributed by atoms with Crippen molar-refractivity contribution in [1.29, 1.82) is 0 Å². The third-order valence-corrected chi connectivity index (χ3v) is 5.03. The molecular weight excluding hydrogens is 335 g/mol. The molecule has 0 atom stereocenters. The van der Waals surface area contributed by atoms with Crippen molar-refractivity contribution in [2.75, 3.05) is 7.05 Å². The summed E-state index contributed by atoms with van der Waals surface area (Å²) in [4.78, 5) is 18.7. The number of carbonyl (C=O) groups is 1. The van der Waals surface area contributed by atoms with Gasteiger partial charge >= 0.3 is 0 Å². The Bertz CT molecular complexity index is 856. The largest absolute Gasteiger partial charge is 0.290 e. The maximum absolute atomic E-state index is 13.8. The van der Waals surface area contributed by atoms with Crippen LogP contribution in [0.5, 0.6) is 0 Å². The number of amides is 1. The van der Waals surface area contributed by atoms with Crippen LogP contribution in [0, 0.1) is 5.82 Å². The minimum atomic E-state index is -0.404. The van der Waals surface area contributed by atoms with Gasteiger partial charge in [0.1, 0.15) is 11.5 Å². The molecule has 2 aromatic carbocycles. The van der Waals surface area contributed by atoms with Gasteiger partial charge in [0.05, 0.1) is 4.91 Å². The molecule has 0 spiro atoms. The Kier molecular flexibility index (Phi) is 5.04. The number of nitrogens with zero attached hydrogens (tertiary/aromatic N) is 2. The second-order valence-electron chi connectivity index (χ2n) is 6.14. The summed E-state index contributed by atoms with van der Waals surface area (Å²) in [7, 11) is 1.65. The third-order valence-electron chi connectivity index (χ3n) is 3.97. The second-order valence-corrected chi connectivity index (χ2v) is 7.15. The summed E-state index contributed by atoms with van der Waals surface area (Å²) in [6.07, 6.45) is 1.84. The zero-order valence-corrected chi connectivity index (χ0v) is 15.2. The molecular formula is C20H19FN2OS. The van der Waals surface area contributed by atoms with Crippen LogP contribution in [0.1, 0.15) is 30.9 Å². The van der Waals surface area contributed by atoms with Crippen molar-refractivity contribution in [1.82, 2.24) is 4.90 Å². The number of rotatable bonds is 3. The summed E-state index contributed by atoms with van der Waals surface area (Å²) in [5.74, 6) is -0.0685. The van der Waals surface area contributed by atoms with Crippen LogP contribution in [0.25, 0.3) is 6.08 Å². The van der Waals surface area contributed by atoms with Gasteiger partial charge in [-0.3, -0.25) is 9.69 Å². The summed E-state index contributed by atoms with van der Waals surface area (Å²) >= 11 is 1.26. The number of halogens is 1. The average Bonchev–Trinajstić information content (AvgIpc) is 2.85. The molecule has 3 nitrogen and oxygen atoms in total. The maximum Gasteiger partial charge on any atom is 0.266 e. The maximum atomic E-state index is 13.8. The first kappa shape index (κ1) is 17.4. The van der Waals surface area contributed by atoms with Crippen LogP contribution in [0.3, 0.4) is 0 Å². The van der Waals surface area contributed by atoms with Gasteiger partial charge in [0.25, 0.3) is 5.91 Å². The molecule has 0 unspecified atom stereocenters. The van der Waals surface area contributed by atoms with E-state index in [1.807, 2.05) is 18.2 Å². The Balaban J connectivity index is 1.87. The zero-order chi connectivity index (χ0) is 18.0. The number of likely N-dealkylation sites (N-methyl/N-ethyl adjacent to an activating group) is 1. The molecule has 1 amide bonds. The summed E-state index contributed by atoms with van der Waals surface area (Å²) in [5, 5.41) is 0.472. The van der Waals surface area contributed by atoms with E-state index in [4.69, 9.17) is 0 Å². The number of benzene rings is 2. The lowest BCUT2D eigenvalue weighted by Gasteiger charge is -2.07. The number of hydrogen-bond donors (Lipinski definition) is 0. The Morgan fingerprint density at radius 2 is 1.80 bits per heavy atom. The highest BCUT2D eigenvalue weighted by molar-refractivity contribution is 8.18. The first-order valence-corrected chi connectivity index (χ1v) is 8.88. The molecule has 1 fully saturated rings. The highest BCUT2D eigenvalue weighted by Gasteiger charge is 2.30. The van der Waals surface area contributed by atoms with E-state index < -0.39 is 5.82 Å². The molecule has 0 radical (unpaired) electrons. The molecule has 1 saturated heterocycles. The Morgan fingerprint density at radius 1 is 1.12 bits per heavy atom. The number of carbonyl (C=O) groups excluding carboxylic acids is 1. The highest BCUT2D eigenvalue weighted by atomic mass is 32.2. The standard InChI is InChI=1S/C20H19FN2OS/c1-13(2)15-10-8-14(9-11-15)12-18-19(24)23(3)20(25-18)22-17-7-5-4-6-16(17)21/h4-13H,1-3H3/b18-12+,22-20?. The van der Waals surface area contributed by atoms with Gasteiger partial charge in [0.15, 0.2) is 5.17 Å². The van der Waals surface area contributed by atoms with Gasteiger partial charge < -0.3 is 0 Å². The van der Waals surface area contributed by atoms with E-state index in [0.717, 1.165) is 5.56 Å². The van der Waals surface area contributed by atoms with Crippen molar-refractivity contribution in [3.05, 3.63) is 70.4 Å². The van der Waals surface area contributed by atoms with E-state index in [-0.39, 0.29) is 11.6 Å². The number of amidine groups is 1. The molecule has 5 heteroatoms. The van der Waals surface area contributed by atoms with E-state index in [1.54, 1.807) is 25.2 Å². The molecule has 0 aliphatic carbocycles. The second kappa shape index (κ2) is 7.23. The molecule has 3 rings (SSSR count). The van der Waals surface area contributed by atoms with Gasteiger partial charge in [-0.05, 0) is 47.0 Å². The predicted octanol–water partition coefficient (Wildman–Crippen LogP) is 5.18. The molecule has 128 valence electrons. The lowest BCUT2D eigenvalue weighted by atomic mass is 10.0. The van der Waals surface area contributed by atoms with Crippen LogP contribution in [-0.4, -0.2) is 23.0 Å². The normalized spacial score (nSPS) is 18.0. The molecule has 0 aromatic heterocycles. The van der Waals surface area contributed by atoms with E-state index in [2.05, 4.69) is 31.0 Å². The summed E-state index contributed by atoms with van der Waals surface area (Å²) in [6, 6.07) is 14.4. The fourth-order valence-electron chi connectivity index (χ4n) is 2.43. The van der Waals surface area contributed by atoms with Gasteiger partial charge in [0.2, 0.25) is 0 Å². The fourth-order valence-corrected chi connectivity index (χ4v) is 3.41. The average molecular weight is 354 g/mol. The van der Waals surface area contributed by atoms with E-state index in [0.29, 0.717) is 16.0 Å². The van der Waals surface area contributed by atoms with Crippen LogP contribution < -0.4 is 0 Å². The SMILES string of the molecule is CC(C)c1ccc(/C=C2/SC(=Nc3ccccc3F)N(C)C2=O)cc1. The van der Waals surface area contributed by atoms with Crippen molar-refractivity contribution < 1.29 is 9.18 Å². The lowest BCUT2D eigenvalue weighted by molar-refractivity contribution is -0.121. The van der Waals surface area contributed by atoms with Gasteiger partial charge in [-0.1, -0.05) is 50.2 Å². The minimum Gasteiger partial charge on any atom is -0.290 e. The van der Waals surface area contributed by atoms with E-state index in [9.17, 15) is 9.18 Å². The van der Waals surface area contributed by atoms with Crippen LogP contribution in [-0.2, 0) is 4.79 Å². The minimum absolute atomic E-state index is 0.131. The van der Waals surface area contributed by atoms with Crippen LogP contribution in [0.2, 0.25) is 0 Å². The van der Waals surface area contributed by atoms with Crippen molar-refractivity contribution in [2.24, 2.45) is 4.99 Å². The molecule has 25 heavy (non-hydrogen) atoms. The van der Waals surface area contributed by atoms with Crippen molar-refractivity contribution in [3.63, 3.8) is 0 Å². The number of thioether (sulfide) groups is 1. The molecule has 1 aliphatic heterocycles.